The third kappa shape index (κ3) is 6.71. The van der Waals surface area contributed by atoms with E-state index >= 15 is 0 Å². The van der Waals surface area contributed by atoms with Crippen molar-refractivity contribution in [1.82, 2.24) is 9.80 Å². The Balaban J connectivity index is 1.13. The first-order valence-electron chi connectivity index (χ1n) is 15.3. The summed E-state index contributed by atoms with van der Waals surface area (Å²) in [6, 6.07) is 26.6. The van der Waals surface area contributed by atoms with Gasteiger partial charge in [0, 0.05) is 71.2 Å². The molecule has 4 aromatic carbocycles. The molecule has 3 aliphatic heterocycles. The number of hydrogen-bond donors (Lipinski definition) is 0. The van der Waals surface area contributed by atoms with Gasteiger partial charge in [-0.1, -0.05) is 68.3 Å². The fourth-order valence-corrected chi connectivity index (χ4v) is 6.90. The van der Waals surface area contributed by atoms with E-state index in [1.165, 1.54) is 0 Å². The van der Waals surface area contributed by atoms with Crippen LogP contribution in [0.25, 0.3) is 0 Å². The molecule has 0 unspecified atom stereocenters. The predicted molar refractivity (Wildman–Crippen MR) is 180 cm³/mol. The molecule has 3 heterocycles. The predicted octanol–water partition coefficient (Wildman–Crippen LogP) is 7.62. The summed E-state index contributed by atoms with van der Waals surface area (Å²) >= 11 is 6.93. The van der Waals surface area contributed by atoms with Gasteiger partial charge in [0.15, 0.2) is 34.6 Å². The van der Waals surface area contributed by atoms with E-state index in [1.807, 2.05) is 84.9 Å². The number of carbonyl (C=O) groups excluding carboxylic acids is 2. The number of benzene rings is 4. The van der Waals surface area contributed by atoms with Crippen LogP contribution in [0.2, 0.25) is 0 Å². The Bertz CT molecular complexity index is 1610. The summed E-state index contributed by atoms with van der Waals surface area (Å²) in [7, 11) is 0. The van der Waals surface area contributed by atoms with E-state index in [2.05, 4.69) is 41.7 Å². The van der Waals surface area contributed by atoms with Crippen molar-refractivity contribution in [1.29, 1.82) is 0 Å². The van der Waals surface area contributed by atoms with Crippen LogP contribution in [0.5, 0.6) is 23.0 Å². The van der Waals surface area contributed by atoms with Gasteiger partial charge < -0.3 is 18.9 Å². The summed E-state index contributed by atoms with van der Waals surface area (Å²) in [5.41, 5.74) is 3.39. The molecule has 0 N–H and O–H groups in total. The fraction of sp³-hybridized carbons (Fsp3) is 0.278. The molecule has 0 aromatic heterocycles. The third-order valence-electron chi connectivity index (χ3n) is 8.88. The van der Waals surface area contributed by atoms with Crippen molar-refractivity contribution in [2.24, 2.45) is 0 Å². The van der Waals surface area contributed by atoms with Crippen LogP contribution in [0, 0.1) is 0 Å². The van der Waals surface area contributed by atoms with Gasteiger partial charge in [0.2, 0.25) is 13.6 Å². The second kappa shape index (κ2) is 13.6. The Hall–Kier alpha value is -3.70. The van der Waals surface area contributed by atoms with E-state index in [-0.39, 0.29) is 37.2 Å². The lowest BCUT2D eigenvalue weighted by molar-refractivity contribution is 0.0557. The lowest BCUT2D eigenvalue weighted by Crippen LogP contribution is -2.49. The minimum Gasteiger partial charge on any atom is -0.454 e. The molecule has 0 amide bonds. The van der Waals surface area contributed by atoms with Crippen LogP contribution in [0.15, 0.2) is 93.9 Å². The maximum absolute atomic E-state index is 13.6. The Morgan fingerprint density at radius 2 is 0.913 bits per heavy atom. The van der Waals surface area contributed by atoms with Crippen LogP contribution >= 0.6 is 31.9 Å². The molecule has 0 radical (unpaired) electrons. The first-order valence-corrected chi connectivity index (χ1v) is 16.8. The number of halogens is 2. The molecular weight excluding hydrogens is 716 g/mol. The number of carbonyl (C=O) groups is 2. The third-order valence-corrected chi connectivity index (χ3v) is 9.94. The molecule has 2 atom stereocenters. The van der Waals surface area contributed by atoms with Gasteiger partial charge in [0.1, 0.15) is 0 Å². The van der Waals surface area contributed by atoms with Crippen LogP contribution in [0.3, 0.4) is 0 Å². The molecule has 1 fully saturated rings. The van der Waals surface area contributed by atoms with E-state index in [0.29, 0.717) is 47.0 Å². The fourth-order valence-electron chi connectivity index (χ4n) is 6.38. The van der Waals surface area contributed by atoms with Crippen molar-refractivity contribution in [2.45, 2.75) is 24.9 Å². The number of piperazine rings is 1. The highest BCUT2D eigenvalue weighted by atomic mass is 79.9. The Kier molecular flexibility index (Phi) is 9.13. The number of nitrogens with zero attached hydrogens (tertiary/aromatic N) is 2. The molecule has 46 heavy (non-hydrogen) atoms. The molecular formula is C36H32Br2N2O6. The lowest BCUT2D eigenvalue weighted by atomic mass is 9.94. The van der Waals surface area contributed by atoms with Gasteiger partial charge >= 0.3 is 0 Å². The van der Waals surface area contributed by atoms with Gasteiger partial charge in [0.05, 0.1) is 0 Å². The number of rotatable bonds is 10. The van der Waals surface area contributed by atoms with E-state index < -0.39 is 0 Å². The normalized spacial score (nSPS) is 17.1. The summed E-state index contributed by atoms with van der Waals surface area (Å²) < 4.78 is 24.4. The average Bonchev–Trinajstić information content (AvgIpc) is 3.76. The molecule has 236 valence electrons. The number of fused-ring (bicyclic) bond motifs is 2. The number of ether oxygens (including phenoxy) is 4. The first kappa shape index (κ1) is 30.9. The van der Waals surface area contributed by atoms with E-state index in [0.717, 1.165) is 46.3 Å². The standard InChI is InChI=1S/C36H32Br2N2O6/c37-27-7-1-23(2-8-27)31(41)19-29(25-5-11-33-35(17-25)45-21-43-33)39-13-15-40(16-14-39)30(20-32(42)24-3-9-28(38)10-4-24)26-6-12-34-36(18-26)46-22-44-34/h1-12,17-18,29-30H,13-16,19-22H2/t29-,30-/m1/s1. The van der Waals surface area contributed by atoms with Gasteiger partial charge in [-0.15, -0.1) is 0 Å². The second-order valence-electron chi connectivity index (χ2n) is 11.6. The van der Waals surface area contributed by atoms with Crippen molar-refractivity contribution in [3.8, 4) is 23.0 Å². The Morgan fingerprint density at radius 1 is 0.543 bits per heavy atom. The summed E-state index contributed by atoms with van der Waals surface area (Å²) in [6.07, 6.45) is 0.657. The van der Waals surface area contributed by atoms with Crippen molar-refractivity contribution < 1.29 is 28.5 Å². The zero-order valence-corrected chi connectivity index (χ0v) is 28.2. The summed E-state index contributed by atoms with van der Waals surface area (Å²) in [5, 5.41) is 0. The molecule has 3 aliphatic rings. The van der Waals surface area contributed by atoms with Gasteiger partial charge in [-0.3, -0.25) is 19.4 Å². The van der Waals surface area contributed by atoms with Crippen molar-refractivity contribution in [3.63, 3.8) is 0 Å². The lowest BCUT2D eigenvalue weighted by Gasteiger charge is -2.42. The molecule has 0 saturated carbocycles. The highest BCUT2D eigenvalue weighted by molar-refractivity contribution is 9.10. The van der Waals surface area contributed by atoms with Gasteiger partial charge in [0.25, 0.3) is 0 Å². The quantitative estimate of drug-likeness (QED) is 0.154. The van der Waals surface area contributed by atoms with Crippen LogP contribution in [0.1, 0.15) is 56.8 Å². The van der Waals surface area contributed by atoms with Crippen molar-refractivity contribution in [3.05, 3.63) is 116 Å². The minimum absolute atomic E-state index is 0.0796. The van der Waals surface area contributed by atoms with Gasteiger partial charge in [-0.05, 0) is 59.7 Å². The second-order valence-corrected chi connectivity index (χ2v) is 13.4. The van der Waals surface area contributed by atoms with Crippen LogP contribution in [0.4, 0.5) is 0 Å². The molecule has 10 heteroatoms. The highest BCUT2D eigenvalue weighted by Crippen LogP contribution is 2.40. The average molecular weight is 748 g/mol. The summed E-state index contributed by atoms with van der Waals surface area (Å²) in [6.45, 7) is 3.28. The van der Waals surface area contributed by atoms with E-state index in [4.69, 9.17) is 18.9 Å². The maximum atomic E-state index is 13.6. The first-order chi connectivity index (χ1) is 22.4. The van der Waals surface area contributed by atoms with Crippen LogP contribution < -0.4 is 18.9 Å². The SMILES string of the molecule is O=C(C[C@H](c1ccc2c(c1)OCO2)N1CCN([C@H](CC(=O)c2ccc(Br)cc2)c2ccc3c(c2)OCO3)CC1)c1ccc(Br)cc1. The number of ketones is 2. The molecule has 1 saturated heterocycles. The van der Waals surface area contributed by atoms with E-state index in [1.54, 1.807) is 0 Å². The minimum atomic E-state index is -0.152. The van der Waals surface area contributed by atoms with Crippen LogP contribution in [-0.2, 0) is 0 Å². The zero-order valence-electron chi connectivity index (χ0n) is 25.0. The highest BCUT2D eigenvalue weighted by Gasteiger charge is 2.33. The molecule has 0 bridgehead atoms. The smallest absolute Gasteiger partial charge is 0.231 e. The summed E-state index contributed by atoms with van der Waals surface area (Å²) in [4.78, 5) is 31.9. The number of Topliss-reactive ketones (excluding diaryl/α,β-unsaturated/α-hetero) is 2. The van der Waals surface area contributed by atoms with Gasteiger partial charge in [-0.2, -0.15) is 0 Å². The molecule has 7 rings (SSSR count). The van der Waals surface area contributed by atoms with Crippen molar-refractivity contribution >= 4 is 43.4 Å². The molecule has 0 spiro atoms. The van der Waals surface area contributed by atoms with E-state index in [9.17, 15) is 9.59 Å². The Labute approximate surface area is 284 Å². The van der Waals surface area contributed by atoms with Crippen molar-refractivity contribution in [2.75, 3.05) is 39.8 Å². The van der Waals surface area contributed by atoms with Gasteiger partial charge in [-0.25, -0.2) is 0 Å². The molecule has 8 nitrogen and oxygen atoms in total. The van der Waals surface area contributed by atoms with Crippen LogP contribution in [-0.4, -0.2) is 61.1 Å². The number of hydrogen-bond acceptors (Lipinski definition) is 8. The Morgan fingerprint density at radius 3 is 1.30 bits per heavy atom. The topological polar surface area (TPSA) is 77.5 Å². The monoisotopic (exact) mass is 746 g/mol. The largest absolute Gasteiger partial charge is 0.454 e. The summed E-state index contributed by atoms with van der Waals surface area (Å²) in [5.74, 6) is 2.99. The molecule has 4 aromatic rings. The molecule has 0 aliphatic carbocycles. The zero-order chi connectivity index (χ0) is 31.6. The maximum Gasteiger partial charge on any atom is 0.231 e.